The van der Waals surface area contributed by atoms with E-state index in [-0.39, 0.29) is 11.3 Å². The minimum atomic E-state index is -2.96. The van der Waals surface area contributed by atoms with Crippen LogP contribution < -0.4 is 10.7 Å². The number of fused-ring (bicyclic) bond motifs is 1. The Labute approximate surface area is 111 Å². The lowest BCUT2D eigenvalue weighted by molar-refractivity contribution is -0.00283. The van der Waals surface area contributed by atoms with Crippen LogP contribution in [0, 0.1) is 0 Å². The number of nitrogens with one attached hydrogen (secondary N) is 1. The molecule has 0 aliphatic rings. The molecular weight excluding hydrogens is 272 g/mol. The number of hydrogen-bond acceptors (Lipinski definition) is 4. The van der Waals surface area contributed by atoms with E-state index in [0.717, 1.165) is 6.07 Å². The van der Waals surface area contributed by atoms with Crippen LogP contribution in [0.15, 0.2) is 39.5 Å². The monoisotopic (exact) mass is 283 g/mol. The zero-order chi connectivity index (χ0) is 14.7. The van der Waals surface area contributed by atoms with Crippen molar-refractivity contribution in [3.05, 3.63) is 46.3 Å². The predicted molar refractivity (Wildman–Crippen MR) is 66.8 cm³/mol. The number of halogens is 2. The molecule has 0 saturated heterocycles. The Balaban J connectivity index is 2.21. The Hall–Kier alpha value is -2.28. The van der Waals surface area contributed by atoms with Crippen LogP contribution >= 0.6 is 0 Å². The molecule has 7 heteroatoms. The van der Waals surface area contributed by atoms with Crippen LogP contribution in [0.1, 0.15) is 10.6 Å². The molecule has 106 valence electrons. The van der Waals surface area contributed by atoms with E-state index in [9.17, 15) is 18.4 Å². The third-order valence-electron chi connectivity index (χ3n) is 2.62. The van der Waals surface area contributed by atoms with Crippen LogP contribution in [0.25, 0.3) is 11.0 Å². The summed E-state index contributed by atoms with van der Waals surface area (Å²) in [6.07, 6.45) is -4.93. The summed E-state index contributed by atoms with van der Waals surface area (Å²) in [4.78, 5) is 23.4. The van der Waals surface area contributed by atoms with Crippen LogP contribution in [0.5, 0.6) is 0 Å². The van der Waals surface area contributed by atoms with E-state index in [1.54, 1.807) is 18.2 Å². The molecule has 0 saturated carbocycles. The first-order valence-corrected chi connectivity index (χ1v) is 5.76. The minimum absolute atomic E-state index is 0.222. The van der Waals surface area contributed by atoms with Crippen molar-refractivity contribution in [3.8, 4) is 0 Å². The van der Waals surface area contributed by atoms with Gasteiger partial charge in [-0.1, -0.05) is 12.1 Å². The molecule has 20 heavy (non-hydrogen) atoms. The molecular formula is C13H11F2NO4. The summed E-state index contributed by atoms with van der Waals surface area (Å²) in [6, 6.07) is 7.32. The maximum absolute atomic E-state index is 12.1. The number of aliphatic hydroxyl groups excluding tert-OH is 1. The Morgan fingerprint density at radius 2 is 2.05 bits per heavy atom. The first-order valence-electron chi connectivity index (χ1n) is 5.76. The fourth-order valence-electron chi connectivity index (χ4n) is 1.59. The molecule has 0 aliphatic carbocycles. The van der Waals surface area contributed by atoms with E-state index in [1.165, 1.54) is 6.07 Å². The fraction of sp³-hybridized carbons (Fsp3) is 0.231. The van der Waals surface area contributed by atoms with Gasteiger partial charge in [0.05, 0.1) is 5.39 Å². The number of para-hydroxylation sites is 1. The van der Waals surface area contributed by atoms with Gasteiger partial charge in [0.25, 0.3) is 12.3 Å². The Bertz CT molecular complexity index is 683. The van der Waals surface area contributed by atoms with Crippen LogP contribution in [0.2, 0.25) is 0 Å². The van der Waals surface area contributed by atoms with E-state index in [0.29, 0.717) is 5.39 Å². The molecule has 0 aliphatic heterocycles. The molecule has 2 N–H and O–H groups in total. The first kappa shape index (κ1) is 14.1. The number of alkyl halides is 2. The van der Waals surface area contributed by atoms with E-state index in [4.69, 9.17) is 9.52 Å². The van der Waals surface area contributed by atoms with Crippen molar-refractivity contribution in [2.75, 3.05) is 6.54 Å². The van der Waals surface area contributed by atoms with Crippen molar-refractivity contribution < 1.29 is 23.1 Å². The molecule has 1 unspecified atom stereocenters. The van der Waals surface area contributed by atoms with Gasteiger partial charge in [-0.25, -0.2) is 8.78 Å². The SMILES string of the molecule is O=C(NCC(O)C(F)F)c1cc(=O)c2ccccc2o1. The Morgan fingerprint density at radius 3 is 2.75 bits per heavy atom. The van der Waals surface area contributed by atoms with E-state index >= 15 is 0 Å². The van der Waals surface area contributed by atoms with Gasteiger partial charge in [0, 0.05) is 12.6 Å². The molecule has 0 spiro atoms. The van der Waals surface area contributed by atoms with Crippen molar-refractivity contribution in [3.63, 3.8) is 0 Å². The van der Waals surface area contributed by atoms with Crippen LogP contribution in [0.4, 0.5) is 8.78 Å². The van der Waals surface area contributed by atoms with Gasteiger partial charge in [-0.3, -0.25) is 9.59 Å². The normalized spacial score (nSPS) is 12.6. The van der Waals surface area contributed by atoms with Crippen molar-refractivity contribution >= 4 is 16.9 Å². The highest BCUT2D eigenvalue weighted by Crippen LogP contribution is 2.11. The Morgan fingerprint density at radius 1 is 1.35 bits per heavy atom. The first-order chi connectivity index (χ1) is 9.49. The number of carbonyl (C=O) groups is 1. The van der Waals surface area contributed by atoms with Gasteiger partial charge in [-0.15, -0.1) is 0 Å². The molecule has 5 nitrogen and oxygen atoms in total. The second kappa shape index (κ2) is 5.79. The van der Waals surface area contributed by atoms with E-state index < -0.39 is 30.4 Å². The van der Waals surface area contributed by atoms with Gasteiger partial charge in [-0.05, 0) is 12.1 Å². The van der Waals surface area contributed by atoms with E-state index in [1.807, 2.05) is 0 Å². The van der Waals surface area contributed by atoms with Gasteiger partial charge < -0.3 is 14.8 Å². The number of amides is 1. The molecule has 2 rings (SSSR count). The average molecular weight is 283 g/mol. The van der Waals surface area contributed by atoms with Crippen LogP contribution in [-0.2, 0) is 0 Å². The number of benzene rings is 1. The average Bonchev–Trinajstić information content (AvgIpc) is 2.44. The number of aliphatic hydroxyl groups is 1. The molecule has 1 atom stereocenters. The van der Waals surface area contributed by atoms with Gasteiger partial charge in [0.15, 0.2) is 11.2 Å². The summed E-state index contributed by atoms with van der Waals surface area (Å²) in [7, 11) is 0. The standard InChI is InChI=1S/C13H11F2NO4/c14-12(15)9(18)6-16-13(19)11-5-8(17)7-3-1-2-4-10(7)20-11/h1-5,9,12,18H,6H2,(H,16,19). The highest BCUT2D eigenvalue weighted by Gasteiger charge is 2.19. The second-order valence-corrected chi connectivity index (χ2v) is 4.08. The molecule has 0 radical (unpaired) electrons. The molecule has 0 bridgehead atoms. The van der Waals surface area contributed by atoms with Crippen molar-refractivity contribution in [2.24, 2.45) is 0 Å². The largest absolute Gasteiger partial charge is 0.451 e. The van der Waals surface area contributed by atoms with E-state index in [2.05, 4.69) is 5.32 Å². The van der Waals surface area contributed by atoms with Gasteiger partial charge >= 0.3 is 0 Å². The summed E-state index contributed by atoms with van der Waals surface area (Å²) in [5.41, 5.74) is -0.189. The quantitative estimate of drug-likeness (QED) is 0.882. The summed E-state index contributed by atoms with van der Waals surface area (Å²) in [6.45, 7) is -0.632. The lowest BCUT2D eigenvalue weighted by Gasteiger charge is -2.10. The molecule has 2 aromatic rings. The Kier molecular flexibility index (Phi) is 4.09. The van der Waals surface area contributed by atoms with Crippen molar-refractivity contribution in [1.29, 1.82) is 0 Å². The fourth-order valence-corrected chi connectivity index (χ4v) is 1.59. The van der Waals surface area contributed by atoms with Crippen molar-refractivity contribution in [1.82, 2.24) is 5.32 Å². The molecule has 1 heterocycles. The summed E-state index contributed by atoms with van der Waals surface area (Å²) in [5, 5.41) is 11.3. The number of hydrogen-bond donors (Lipinski definition) is 2. The van der Waals surface area contributed by atoms with Crippen LogP contribution in [0.3, 0.4) is 0 Å². The lowest BCUT2D eigenvalue weighted by atomic mass is 10.2. The van der Waals surface area contributed by atoms with Crippen LogP contribution in [-0.4, -0.2) is 30.1 Å². The second-order valence-electron chi connectivity index (χ2n) is 4.08. The highest BCUT2D eigenvalue weighted by molar-refractivity contribution is 5.93. The van der Waals surface area contributed by atoms with Gasteiger partial charge in [-0.2, -0.15) is 0 Å². The third kappa shape index (κ3) is 3.00. The maximum Gasteiger partial charge on any atom is 0.287 e. The molecule has 1 aromatic carbocycles. The zero-order valence-electron chi connectivity index (χ0n) is 10.2. The summed E-state index contributed by atoms with van der Waals surface area (Å²) < 4.78 is 29.4. The zero-order valence-corrected chi connectivity index (χ0v) is 10.2. The number of rotatable bonds is 4. The maximum atomic E-state index is 12.1. The van der Waals surface area contributed by atoms with Gasteiger partial charge in [0.1, 0.15) is 11.7 Å². The minimum Gasteiger partial charge on any atom is -0.451 e. The third-order valence-corrected chi connectivity index (χ3v) is 2.62. The predicted octanol–water partition coefficient (Wildman–Crippen LogP) is 1.15. The molecule has 1 amide bonds. The smallest absolute Gasteiger partial charge is 0.287 e. The lowest BCUT2D eigenvalue weighted by Crippen LogP contribution is -2.36. The topological polar surface area (TPSA) is 79.5 Å². The summed E-state index contributed by atoms with van der Waals surface area (Å²) in [5.74, 6) is -1.14. The highest BCUT2D eigenvalue weighted by atomic mass is 19.3. The molecule has 0 fully saturated rings. The number of carbonyl (C=O) groups excluding carboxylic acids is 1. The van der Waals surface area contributed by atoms with Gasteiger partial charge in [0.2, 0.25) is 0 Å². The summed E-state index contributed by atoms with van der Waals surface area (Å²) >= 11 is 0. The molecule has 1 aromatic heterocycles. The van der Waals surface area contributed by atoms with Crippen molar-refractivity contribution in [2.45, 2.75) is 12.5 Å².